The average Bonchev–Trinajstić information content (AvgIpc) is 2.39. The van der Waals surface area contributed by atoms with Gasteiger partial charge in [-0.25, -0.2) is 0 Å². The SMILES string of the molecule is Clc1ccc(Cl)c(CNCC2CCCCC2)c1Cl. The molecule has 0 atom stereocenters. The van der Waals surface area contributed by atoms with Crippen molar-refractivity contribution in [3.8, 4) is 0 Å². The Morgan fingerprint density at radius 3 is 2.39 bits per heavy atom. The number of benzene rings is 1. The zero-order valence-corrected chi connectivity index (χ0v) is 12.6. The van der Waals surface area contributed by atoms with Crippen LogP contribution in [-0.4, -0.2) is 6.54 Å². The molecule has 1 N–H and O–H groups in total. The van der Waals surface area contributed by atoms with Crippen LogP contribution in [0.3, 0.4) is 0 Å². The maximum atomic E-state index is 6.16. The first-order valence-corrected chi connectivity index (χ1v) is 7.65. The molecular weight excluding hydrogens is 289 g/mol. The Hall–Kier alpha value is 0.0500. The lowest BCUT2D eigenvalue weighted by Crippen LogP contribution is -2.24. The van der Waals surface area contributed by atoms with Crippen molar-refractivity contribution >= 4 is 34.8 Å². The van der Waals surface area contributed by atoms with E-state index in [0.717, 1.165) is 18.0 Å². The van der Waals surface area contributed by atoms with E-state index in [9.17, 15) is 0 Å². The minimum Gasteiger partial charge on any atom is -0.312 e. The average molecular weight is 307 g/mol. The topological polar surface area (TPSA) is 12.0 Å². The fourth-order valence-corrected chi connectivity index (χ4v) is 3.20. The van der Waals surface area contributed by atoms with E-state index in [1.54, 1.807) is 12.1 Å². The minimum atomic E-state index is 0.565. The molecule has 0 aliphatic heterocycles. The van der Waals surface area contributed by atoms with Crippen LogP contribution in [0.15, 0.2) is 12.1 Å². The van der Waals surface area contributed by atoms with Crippen molar-refractivity contribution < 1.29 is 0 Å². The van der Waals surface area contributed by atoms with Gasteiger partial charge in [0, 0.05) is 17.1 Å². The van der Waals surface area contributed by atoms with Crippen molar-refractivity contribution in [2.45, 2.75) is 38.6 Å². The van der Waals surface area contributed by atoms with Gasteiger partial charge < -0.3 is 5.32 Å². The first-order chi connectivity index (χ1) is 8.68. The van der Waals surface area contributed by atoms with Crippen LogP contribution in [-0.2, 0) is 6.54 Å². The molecule has 1 aliphatic carbocycles. The standard InChI is InChI=1S/C14H18Cl3N/c15-12-6-7-13(16)14(17)11(12)9-18-8-10-4-2-1-3-5-10/h6-7,10,18H,1-5,8-9H2. The Kier molecular flexibility index (Phi) is 5.62. The highest BCUT2D eigenvalue weighted by Crippen LogP contribution is 2.31. The highest BCUT2D eigenvalue weighted by Gasteiger charge is 2.14. The van der Waals surface area contributed by atoms with Crippen LogP contribution in [0.4, 0.5) is 0 Å². The predicted octanol–water partition coefficient (Wildman–Crippen LogP) is 5.32. The summed E-state index contributed by atoms with van der Waals surface area (Å²) in [6, 6.07) is 3.53. The van der Waals surface area contributed by atoms with E-state index < -0.39 is 0 Å². The Balaban J connectivity index is 1.88. The van der Waals surface area contributed by atoms with Crippen LogP contribution < -0.4 is 5.32 Å². The molecule has 0 spiro atoms. The molecule has 0 bridgehead atoms. The van der Waals surface area contributed by atoms with Gasteiger partial charge in [0.25, 0.3) is 0 Å². The Morgan fingerprint density at radius 2 is 1.67 bits per heavy atom. The fourth-order valence-electron chi connectivity index (χ4n) is 2.52. The highest BCUT2D eigenvalue weighted by molar-refractivity contribution is 6.44. The van der Waals surface area contributed by atoms with Gasteiger partial charge in [-0.2, -0.15) is 0 Å². The smallest absolute Gasteiger partial charge is 0.0652 e. The zero-order chi connectivity index (χ0) is 13.0. The summed E-state index contributed by atoms with van der Waals surface area (Å²) in [6.45, 7) is 1.73. The summed E-state index contributed by atoms with van der Waals surface area (Å²) in [5.41, 5.74) is 0.904. The molecular formula is C14H18Cl3N. The van der Waals surface area contributed by atoms with Crippen molar-refractivity contribution in [3.05, 3.63) is 32.8 Å². The maximum absolute atomic E-state index is 6.16. The second-order valence-electron chi connectivity index (χ2n) is 4.96. The van der Waals surface area contributed by atoms with Gasteiger partial charge in [0.05, 0.1) is 10.0 Å². The van der Waals surface area contributed by atoms with Gasteiger partial charge in [-0.1, -0.05) is 54.1 Å². The Morgan fingerprint density at radius 1 is 1.00 bits per heavy atom. The molecule has 1 nitrogen and oxygen atoms in total. The van der Waals surface area contributed by atoms with Gasteiger partial charge in [-0.05, 0) is 37.4 Å². The van der Waals surface area contributed by atoms with E-state index >= 15 is 0 Å². The normalized spacial score (nSPS) is 17.1. The Labute approximate surface area is 124 Å². The van der Waals surface area contributed by atoms with Crippen LogP contribution in [0.5, 0.6) is 0 Å². The van der Waals surface area contributed by atoms with E-state index in [2.05, 4.69) is 5.32 Å². The van der Waals surface area contributed by atoms with Crippen molar-refractivity contribution in [2.24, 2.45) is 5.92 Å². The molecule has 1 aromatic carbocycles. The highest BCUT2D eigenvalue weighted by atomic mass is 35.5. The van der Waals surface area contributed by atoms with Gasteiger partial charge in [0.1, 0.15) is 0 Å². The molecule has 100 valence electrons. The van der Waals surface area contributed by atoms with Gasteiger partial charge in [-0.15, -0.1) is 0 Å². The molecule has 0 amide bonds. The van der Waals surface area contributed by atoms with Crippen LogP contribution in [0.2, 0.25) is 15.1 Å². The number of hydrogen-bond acceptors (Lipinski definition) is 1. The monoisotopic (exact) mass is 305 g/mol. The third-order valence-electron chi connectivity index (χ3n) is 3.60. The predicted molar refractivity (Wildman–Crippen MR) is 79.8 cm³/mol. The van der Waals surface area contributed by atoms with Crippen molar-refractivity contribution in [1.82, 2.24) is 5.32 Å². The number of nitrogens with one attached hydrogen (secondary N) is 1. The van der Waals surface area contributed by atoms with E-state index in [1.165, 1.54) is 32.1 Å². The molecule has 0 radical (unpaired) electrons. The summed E-state index contributed by atoms with van der Waals surface area (Å²) in [4.78, 5) is 0. The first-order valence-electron chi connectivity index (χ1n) is 6.51. The molecule has 0 heterocycles. The molecule has 18 heavy (non-hydrogen) atoms. The molecule has 1 aliphatic rings. The summed E-state index contributed by atoms with van der Waals surface area (Å²) in [6.07, 6.45) is 6.80. The second kappa shape index (κ2) is 7.00. The van der Waals surface area contributed by atoms with Crippen molar-refractivity contribution in [2.75, 3.05) is 6.54 Å². The van der Waals surface area contributed by atoms with Crippen LogP contribution in [0, 0.1) is 5.92 Å². The van der Waals surface area contributed by atoms with E-state index in [4.69, 9.17) is 34.8 Å². The van der Waals surface area contributed by atoms with Gasteiger partial charge >= 0.3 is 0 Å². The molecule has 1 saturated carbocycles. The minimum absolute atomic E-state index is 0.565. The summed E-state index contributed by atoms with van der Waals surface area (Å²) in [7, 11) is 0. The summed E-state index contributed by atoms with van der Waals surface area (Å²) in [5.74, 6) is 0.801. The van der Waals surface area contributed by atoms with Crippen LogP contribution in [0.25, 0.3) is 0 Å². The molecule has 2 rings (SSSR count). The van der Waals surface area contributed by atoms with Gasteiger partial charge in [0.15, 0.2) is 0 Å². The lowest BCUT2D eigenvalue weighted by Gasteiger charge is -2.22. The number of hydrogen-bond donors (Lipinski definition) is 1. The Bertz CT molecular complexity index is 400. The molecule has 1 aromatic rings. The zero-order valence-electron chi connectivity index (χ0n) is 10.3. The second-order valence-corrected chi connectivity index (χ2v) is 6.15. The van der Waals surface area contributed by atoms with Crippen molar-refractivity contribution in [1.29, 1.82) is 0 Å². The summed E-state index contributed by atoms with van der Waals surface area (Å²) >= 11 is 18.3. The molecule has 0 saturated heterocycles. The molecule has 0 unspecified atom stereocenters. The number of halogens is 3. The van der Waals surface area contributed by atoms with E-state index in [0.29, 0.717) is 21.6 Å². The number of rotatable bonds is 4. The summed E-state index contributed by atoms with van der Waals surface area (Å²) in [5, 5.41) is 5.27. The lowest BCUT2D eigenvalue weighted by atomic mass is 9.89. The van der Waals surface area contributed by atoms with E-state index in [-0.39, 0.29) is 0 Å². The quantitative estimate of drug-likeness (QED) is 0.743. The maximum Gasteiger partial charge on any atom is 0.0652 e. The van der Waals surface area contributed by atoms with E-state index in [1.807, 2.05) is 0 Å². The molecule has 4 heteroatoms. The first kappa shape index (κ1) is 14.5. The lowest BCUT2D eigenvalue weighted by molar-refractivity contribution is 0.342. The largest absolute Gasteiger partial charge is 0.312 e. The molecule has 1 fully saturated rings. The summed E-state index contributed by atoms with van der Waals surface area (Å²) < 4.78 is 0. The van der Waals surface area contributed by atoms with Gasteiger partial charge in [0.2, 0.25) is 0 Å². The fraction of sp³-hybridized carbons (Fsp3) is 0.571. The third kappa shape index (κ3) is 3.77. The van der Waals surface area contributed by atoms with Crippen molar-refractivity contribution in [3.63, 3.8) is 0 Å². The van der Waals surface area contributed by atoms with Crippen LogP contribution in [0.1, 0.15) is 37.7 Å². The molecule has 0 aromatic heterocycles. The van der Waals surface area contributed by atoms with Gasteiger partial charge in [-0.3, -0.25) is 0 Å². The third-order valence-corrected chi connectivity index (χ3v) is 4.80. The van der Waals surface area contributed by atoms with Crippen LogP contribution >= 0.6 is 34.8 Å².